The summed E-state index contributed by atoms with van der Waals surface area (Å²) in [5, 5.41) is 9.18. The van der Waals surface area contributed by atoms with Gasteiger partial charge in [0.25, 0.3) is 0 Å². The molecule has 1 aliphatic heterocycles. The quantitative estimate of drug-likeness (QED) is 0.797. The summed E-state index contributed by atoms with van der Waals surface area (Å²) >= 11 is 6.04. The fourth-order valence-corrected chi connectivity index (χ4v) is 4.13. The predicted octanol–water partition coefficient (Wildman–Crippen LogP) is 2.73. The second-order valence-electron chi connectivity index (χ2n) is 5.32. The molecule has 0 spiro atoms. The number of benzene rings is 1. The maximum Gasteiger partial charge on any atom is 0.243 e. The lowest BCUT2D eigenvalue weighted by Gasteiger charge is -2.24. The van der Waals surface area contributed by atoms with Crippen molar-refractivity contribution in [2.24, 2.45) is 0 Å². The third-order valence-electron chi connectivity index (χ3n) is 3.69. The first kappa shape index (κ1) is 17.2. The molecule has 1 aliphatic rings. The highest BCUT2D eigenvalue weighted by atomic mass is 35.5. The number of ether oxygens (including phenoxy) is 1. The van der Waals surface area contributed by atoms with Gasteiger partial charge in [-0.05, 0) is 37.5 Å². The Hall–Kier alpha value is -1.13. The Morgan fingerprint density at radius 1 is 1.50 bits per heavy atom. The Balaban J connectivity index is 2.26. The number of sulfonamides is 1. The molecule has 0 radical (unpaired) electrons. The molecule has 0 aliphatic carbocycles. The van der Waals surface area contributed by atoms with Crippen LogP contribution in [0.3, 0.4) is 0 Å². The molecule has 1 aromatic carbocycles. The molecule has 7 heteroatoms. The van der Waals surface area contributed by atoms with Crippen LogP contribution in [0.25, 0.3) is 0 Å². The van der Waals surface area contributed by atoms with Crippen LogP contribution in [0, 0.1) is 18.3 Å². The molecule has 0 saturated carbocycles. The first-order chi connectivity index (χ1) is 10.4. The molecule has 1 fully saturated rings. The third-order valence-corrected chi connectivity index (χ3v) is 5.95. The van der Waals surface area contributed by atoms with Gasteiger partial charge in [0.1, 0.15) is 0 Å². The van der Waals surface area contributed by atoms with Gasteiger partial charge in [-0.25, -0.2) is 8.42 Å². The van der Waals surface area contributed by atoms with Crippen LogP contribution < -0.4 is 0 Å². The van der Waals surface area contributed by atoms with Crippen molar-refractivity contribution in [3.8, 4) is 6.07 Å². The Kier molecular flexibility index (Phi) is 5.81. The van der Waals surface area contributed by atoms with Gasteiger partial charge in [-0.1, -0.05) is 17.7 Å². The lowest BCUT2D eigenvalue weighted by molar-refractivity contribution is 0.0941. The maximum absolute atomic E-state index is 12.8. The number of nitriles is 1. The predicted molar refractivity (Wildman–Crippen MR) is 84.2 cm³/mol. The topological polar surface area (TPSA) is 70.4 Å². The second kappa shape index (κ2) is 7.42. The summed E-state index contributed by atoms with van der Waals surface area (Å²) in [6, 6.07) is 6.68. The summed E-state index contributed by atoms with van der Waals surface area (Å²) in [5.41, 5.74) is 0.823. The van der Waals surface area contributed by atoms with Crippen molar-refractivity contribution < 1.29 is 13.2 Å². The lowest BCUT2D eigenvalue weighted by Crippen LogP contribution is -2.38. The number of aryl methyl sites for hydroxylation is 1. The van der Waals surface area contributed by atoms with Crippen molar-refractivity contribution in [1.29, 1.82) is 5.26 Å². The van der Waals surface area contributed by atoms with Crippen molar-refractivity contribution in [2.75, 3.05) is 19.7 Å². The molecule has 1 unspecified atom stereocenters. The van der Waals surface area contributed by atoms with Crippen LogP contribution in [0.15, 0.2) is 23.1 Å². The molecule has 0 amide bonds. The first-order valence-electron chi connectivity index (χ1n) is 7.20. The van der Waals surface area contributed by atoms with E-state index >= 15 is 0 Å². The van der Waals surface area contributed by atoms with Crippen molar-refractivity contribution in [1.82, 2.24) is 4.31 Å². The summed E-state index contributed by atoms with van der Waals surface area (Å²) in [4.78, 5) is 0.152. The average Bonchev–Trinajstić information content (AvgIpc) is 2.99. The highest BCUT2D eigenvalue weighted by Crippen LogP contribution is 2.24. The molecule has 0 N–H and O–H groups in total. The zero-order chi connectivity index (χ0) is 16.2. The smallest absolute Gasteiger partial charge is 0.243 e. The average molecular weight is 343 g/mol. The minimum absolute atomic E-state index is 0.102. The number of hydrogen-bond acceptors (Lipinski definition) is 4. The molecular weight excluding hydrogens is 324 g/mol. The fourth-order valence-electron chi connectivity index (χ4n) is 2.38. The molecular formula is C15H19ClN2O3S. The van der Waals surface area contributed by atoms with Crippen LogP contribution in [-0.2, 0) is 14.8 Å². The van der Waals surface area contributed by atoms with Crippen molar-refractivity contribution in [3.63, 3.8) is 0 Å². The molecule has 120 valence electrons. The summed E-state index contributed by atoms with van der Waals surface area (Å²) in [5.74, 6) is 0. The largest absolute Gasteiger partial charge is 0.377 e. The zero-order valence-electron chi connectivity index (χ0n) is 12.5. The SMILES string of the molecule is Cc1ccc(S(=O)(=O)N(CCC#N)CC2CCCO2)cc1Cl. The van der Waals surface area contributed by atoms with Crippen molar-refractivity contribution in [2.45, 2.75) is 37.2 Å². The van der Waals surface area contributed by atoms with E-state index in [1.807, 2.05) is 13.0 Å². The molecule has 1 saturated heterocycles. The van der Waals surface area contributed by atoms with E-state index in [4.69, 9.17) is 21.6 Å². The molecule has 1 aromatic rings. The summed E-state index contributed by atoms with van der Waals surface area (Å²) in [6.45, 7) is 2.91. The van der Waals surface area contributed by atoms with Crippen LogP contribution in [0.4, 0.5) is 0 Å². The van der Waals surface area contributed by atoms with Crippen LogP contribution in [0.5, 0.6) is 0 Å². The lowest BCUT2D eigenvalue weighted by atomic mass is 10.2. The van der Waals surface area contributed by atoms with Gasteiger partial charge < -0.3 is 4.74 Å². The van der Waals surface area contributed by atoms with Crippen LogP contribution in [0.2, 0.25) is 5.02 Å². The molecule has 1 atom stereocenters. The van der Waals surface area contributed by atoms with E-state index in [1.165, 1.54) is 10.4 Å². The molecule has 2 rings (SSSR count). The number of halogens is 1. The van der Waals surface area contributed by atoms with Gasteiger partial charge in [0, 0.05) is 31.1 Å². The number of rotatable bonds is 6. The van der Waals surface area contributed by atoms with Gasteiger partial charge in [-0.2, -0.15) is 9.57 Å². The van der Waals surface area contributed by atoms with Gasteiger partial charge in [-0.15, -0.1) is 0 Å². The van der Waals surface area contributed by atoms with E-state index in [0.717, 1.165) is 18.4 Å². The Bertz CT molecular complexity index is 664. The Morgan fingerprint density at radius 2 is 2.27 bits per heavy atom. The van der Waals surface area contributed by atoms with Gasteiger partial charge in [0.15, 0.2) is 0 Å². The minimum atomic E-state index is -3.68. The van der Waals surface area contributed by atoms with E-state index < -0.39 is 10.0 Å². The Labute approximate surface area is 136 Å². The van der Waals surface area contributed by atoms with E-state index in [2.05, 4.69) is 0 Å². The standard InChI is InChI=1S/C15H19ClN2O3S/c1-12-5-6-14(10-15(12)16)22(19,20)18(8-3-7-17)11-13-4-2-9-21-13/h5-6,10,13H,2-4,8-9,11H2,1H3. The van der Waals surface area contributed by atoms with E-state index in [0.29, 0.717) is 11.6 Å². The molecule has 0 aromatic heterocycles. The Morgan fingerprint density at radius 3 is 2.86 bits per heavy atom. The summed E-state index contributed by atoms with van der Waals surface area (Å²) in [6.07, 6.45) is 1.82. The molecule has 22 heavy (non-hydrogen) atoms. The highest BCUT2D eigenvalue weighted by Gasteiger charge is 2.29. The van der Waals surface area contributed by atoms with Gasteiger partial charge in [0.05, 0.1) is 17.1 Å². The van der Waals surface area contributed by atoms with Gasteiger partial charge in [-0.3, -0.25) is 0 Å². The molecule has 5 nitrogen and oxygen atoms in total. The number of nitrogens with zero attached hydrogens (tertiary/aromatic N) is 2. The first-order valence-corrected chi connectivity index (χ1v) is 9.02. The van der Waals surface area contributed by atoms with Crippen molar-refractivity contribution >= 4 is 21.6 Å². The molecule has 1 heterocycles. The van der Waals surface area contributed by atoms with E-state index in [9.17, 15) is 8.42 Å². The van der Waals surface area contributed by atoms with Gasteiger partial charge >= 0.3 is 0 Å². The monoisotopic (exact) mass is 342 g/mol. The normalized spacial score (nSPS) is 18.5. The number of hydrogen-bond donors (Lipinski definition) is 0. The van der Waals surface area contributed by atoms with Crippen LogP contribution in [0.1, 0.15) is 24.8 Å². The van der Waals surface area contributed by atoms with E-state index in [1.54, 1.807) is 12.1 Å². The van der Waals surface area contributed by atoms with Gasteiger partial charge in [0.2, 0.25) is 10.0 Å². The van der Waals surface area contributed by atoms with Crippen LogP contribution >= 0.6 is 11.6 Å². The maximum atomic E-state index is 12.8. The third kappa shape index (κ3) is 3.99. The minimum Gasteiger partial charge on any atom is -0.377 e. The summed E-state index contributed by atoms with van der Waals surface area (Å²) < 4.78 is 32.4. The molecule has 0 bridgehead atoms. The zero-order valence-corrected chi connectivity index (χ0v) is 14.0. The second-order valence-corrected chi connectivity index (χ2v) is 7.66. The highest BCUT2D eigenvalue weighted by molar-refractivity contribution is 7.89. The van der Waals surface area contributed by atoms with Crippen molar-refractivity contribution in [3.05, 3.63) is 28.8 Å². The fraction of sp³-hybridized carbons (Fsp3) is 0.533. The van der Waals surface area contributed by atoms with E-state index in [-0.39, 0.29) is 30.5 Å². The van der Waals surface area contributed by atoms with Crippen LogP contribution in [-0.4, -0.2) is 38.5 Å². The summed E-state index contributed by atoms with van der Waals surface area (Å²) in [7, 11) is -3.68.